The van der Waals surface area contributed by atoms with Crippen molar-refractivity contribution in [2.24, 2.45) is 0 Å². The van der Waals surface area contributed by atoms with E-state index in [0.29, 0.717) is 16.5 Å². The number of aliphatic hydroxyl groups is 1. The minimum atomic E-state index is -0.913. The Kier molecular flexibility index (Phi) is 5.73. The van der Waals surface area contributed by atoms with Crippen LogP contribution in [0.15, 0.2) is 51.5 Å². The van der Waals surface area contributed by atoms with Gasteiger partial charge in [0.1, 0.15) is 23.2 Å². The summed E-state index contributed by atoms with van der Waals surface area (Å²) in [6.07, 6.45) is 0.586. The van der Waals surface area contributed by atoms with E-state index in [1.165, 1.54) is 13.0 Å². The van der Waals surface area contributed by atoms with E-state index in [1.807, 2.05) is 25.1 Å². The average Bonchev–Trinajstić information content (AvgIpc) is 3.13. The third-order valence-corrected chi connectivity index (χ3v) is 5.13. The number of nitriles is 1. The first-order chi connectivity index (χ1) is 13.7. The quantitative estimate of drug-likeness (QED) is 0.609. The number of halogens is 1. The van der Waals surface area contributed by atoms with Gasteiger partial charge in [-0.2, -0.15) is 5.26 Å². The normalized spacial score (nSPS) is 17.1. The molecule has 0 radical (unpaired) electrons. The van der Waals surface area contributed by atoms with Gasteiger partial charge in [0.05, 0.1) is 12.6 Å². The van der Waals surface area contributed by atoms with Crippen LogP contribution in [-0.2, 0) is 9.59 Å². The van der Waals surface area contributed by atoms with Gasteiger partial charge in [-0.15, -0.1) is 0 Å². The van der Waals surface area contributed by atoms with Gasteiger partial charge in [-0.25, -0.2) is 0 Å². The van der Waals surface area contributed by atoms with Gasteiger partial charge in [0.2, 0.25) is 0 Å². The van der Waals surface area contributed by atoms with Crippen LogP contribution in [0.25, 0.3) is 17.4 Å². The Morgan fingerprint density at radius 2 is 1.97 bits per heavy atom. The Morgan fingerprint density at radius 1 is 1.24 bits per heavy atom. The number of carbonyl (C=O) groups excluding carboxylic acids is 2. The second kappa shape index (κ2) is 8.08. The van der Waals surface area contributed by atoms with Crippen LogP contribution in [0.3, 0.4) is 0 Å². The maximum Gasteiger partial charge on any atom is 0.271 e. The first-order valence-corrected chi connectivity index (χ1v) is 9.35. The smallest absolute Gasteiger partial charge is 0.271 e. The second-order valence-electron chi connectivity index (χ2n) is 6.85. The lowest BCUT2D eigenvalue weighted by Crippen LogP contribution is -2.45. The predicted octanol–water partition coefficient (Wildman–Crippen LogP) is 3.88. The van der Waals surface area contributed by atoms with Crippen LogP contribution >= 0.6 is 11.6 Å². The molecule has 0 fully saturated rings. The summed E-state index contributed by atoms with van der Waals surface area (Å²) in [5, 5.41) is 19.6. The number of hydrogen-bond acceptors (Lipinski definition) is 5. The van der Waals surface area contributed by atoms with Crippen LogP contribution in [0.4, 0.5) is 0 Å². The molecule has 0 aliphatic carbocycles. The molecular weight excluding hydrogens is 392 g/mol. The van der Waals surface area contributed by atoms with Crippen molar-refractivity contribution in [3.63, 3.8) is 0 Å². The number of β-amino-alcohol motifs (C(OH)–C–C–N with tert-alkyl or cyclic N) is 1. The van der Waals surface area contributed by atoms with Crippen molar-refractivity contribution in [3.8, 4) is 17.4 Å². The van der Waals surface area contributed by atoms with Gasteiger partial charge in [0.15, 0.2) is 0 Å². The van der Waals surface area contributed by atoms with Crippen molar-refractivity contribution in [2.75, 3.05) is 6.54 Å². The number of amides is 2. The largest absolute Gasteiger partial charge is 0.457 e. The van der Waals surface area contributed by atoms with Gasteiger partial charge >= 0.3 is 0 Å². The molecule has 0 saturated carbocycles. The summed E-state index contributed by atoms with van der Waals surface area (Å²) >= 11 is 6.17. The third kappa shape index (κ3) is 3.88. The monoisotopic (exact) mass is 410 g/mol. The summed E-state index contributed by atoms with van der Waals surface area (Å²) in [7, 11) is 0. The molecule has 1 N–H and O–H groups in total. The summed E-state index contributed by atoms with van der Waals surface area (Å²) in [4.78, 5) is 26.1. The Morgan fingerprint density at radius 3 is 2.62 bits per heavy atom. The van der Waals surface area contributed by atoms with Gasteiger partial charge in [-0.3, -0.25) is 14.5 Å². The summed E-state index contributed by atoms with van der Waals surface area (Å²) in [5.41, 5.74) is 2.02. The minimum absolute atomic E-state index is 0.131. The molecule has 3 rings (SSSR count). The molecule has 2 heterocycles. The standard InChI is InChI=1S/C22H19ClN2O4/c1-12(26)11-25-21(27)17(13(2)18(10-24)22(25)28)9-15-7-8-20(29-15)16-5-4-6-19(23)14(16)3/h4-9,12,26H,11H2,1-3H3/b17-9+/t12-/m0/s1. The fourth-order valence-electron chi connectivity index (χ4n) is 3.15. The molecule has 2 amide bonds. The minimum Gasteiger partial charge on any atom is -0.457 e. The van der Waals surface area contributed by atoms with Crippen LogP contribution < -0.4 is 0 Å². The van der Waals surface area contributed by atoms with Crippen molar-refractivity contribution in [2.45, 2.75) is 26.9 Å². The zero-order chi connectivity index (χ0) is 21.3. The fourth-order valence-corrected chi connectivity index (χ4v) is 3.33. The van der Waals surface area contributed by atoms with Crippen LogP contribution in [0.2, 0.25) is 5.02 Å². The number of benzene rings is 1. The van der Waals surface area contributed by atoms with E-state index < -0.39 is 17.9 Å². The number of imide groups is 1. The highest BCUT2D eigenvalue weighted by molar-refractivity contribution is 6.31. The van der Waals surface area contributed by atoms with E-state index in [4.69, 9.17) is 16.0 Å². The number of carbonyl (C=O) groups is 2. The zero-order valence-corrected chi connectivity index (χ0v) is 16.9. The second-order valence-corrected chi connectivity index (χ2v) is 7.26. The van der Waals surface area contributed by atoms with Gasteiger partial charge in [0, 0.05) is 16.2 Å². The molecule has 1 aliphatic rings. The lowest BCUT2D eigenvalue weighted by atomic mass is 9.94. The predicted molar refractivity (Wildman–Crippen MR) is 109 cm³/mol. The summed E-state index contributed by atoms with van der Waals surface area (Å²) in [6, 6.07) is 10.8. The van der Waals surface area contributed by atoms with Crippen molar-refractivity contribution < 1.29 is 19.1 Å². The number of nitrogens with zero attached hydrogens (tertiary/aromatic N) is 2. The van der Waals surface area contributed by atoms with Crippen LogP contribution in [0.1, 0.15) is 25.2 Å². The van der Waals surface area contributed by atoms with Crippen LogP contribution in [-0.4, -0.2) is 34.5 Å². The number of furan rings is 1. The first-order valence-electron chi connectivity index (χ1n) is 8.97. The van der Waals surface area contributed by atoms with E-state index in [-0.39, 0.29) is 23.3 Å². The zero-order valence-electron chi connectivity index (χ0n) is 16.2. The Labute approximate surface area is 173 Å². The van der Waals surface area contributed by atoms with Gasteiger partial charge in [0.25, 0.3) is 11.8 Å². The van der Waals surface area contributed by atoms with Crippen molar-refractivity contribution in [3.05, 3.63) is 63.4 Å². The number of rotatable bonds is 4. The molecular formula is C22H19ClN2O4. The molecule has 0 saturated heterocycles. The molecule has 0 bridgehead atoms. The van der Waals surface area contributed by atoms with Gasteiger partial charge in [-0.05, 0) is 56.2 Å². The van der Waals surface area contributed by atoms with E-state index in [0.717, 1.165) is 16.0 Å². The van der Waals surface area contributed by atoms with Crippen LogP contribution in [0.5, 0.6) is 0 Å². The van der Waals surface area contributed by atoms with Crippen LogP contribution in [0, 0.1) is 18.3 Å². The summed E-state index contributed by atoms with van der Waals surface area (Å²) in [5.74, 6) is -0.308. The fraction of sp³-hybridized carbons (Fsp3) is 0.227. The molecule has 7 heteroatoms. The molecule has 1 aliphatic heterocycles. The lowest BCUT2D eigenvalue weighted by Gasteiger charge is -2.28. The SMILES string of the molecule is CC1=C(C#N)C(=O)N(C[C@H](C)O)C(=O)/C1=C/c1ccc(-c2cccc(Cl)c2C)o1. The highest BCUT2D eigenvalue weighted by atomic mass is 35.5. The number of aliphatic hydroxyl groups excluding tert-OH is 1. The van der Waals surface area contributed by atoms with E-state index in [2.05, 4.69) is 0 Å². The number of hydrogen-bond donors (Lipinski definition) is 1. The molecule has 0 spiro atoms. The summed E-state index contributed by atoms with van der Waals surface area (Å²) < 4.78 is 5.87. The highest BCUT2D eigenvalue weighted by Gasteiger charge is 2.36. The molecule has 1 atom stereocenters. The highest BCUT2D eigenvalue weighted by Crippen LogP contribution is 2.32. The Balaban J connectivity index is 2.05. The molecule has 1 aromatic carbocycles. The Bertz CT molecular complexity index is 1100. The van der Waals surface area contributed by atoms with Crippen molar-refractivity contribution in [1.29, 1.82) is 5.26 Å². The average molecular weight is 411 g/mol. The molecule has 2 aromatic rings. The molecule has 0 unspecified atom stereocenters. The van der Waals surface area contributed by atoms with E-state index in [9.17, 15) is 20.0 Å². The lowest BCUT2D eigenvalue weighted by molar-refractivity contribution is -0.141. The molecule has 148 valence electrons. The first kappa shape index (κ1) is 20.6. The molecule has 1 aromatic heterocycles. The third-order valence-electron chi connectivity index (χ3n) is 4.72. The van der Waals surface area contributed by atoms with E-state index >= 15 is 0 Å². The maximum atomic E-state index is 12.8. The van der Waals surface area contributed by atoms with Gasteiger partial charge in [-0.1, -0.05) is 23.7 Å². The van der Waals surface area contributed by atoms with Crippen molar-refractivity contribution in [1.82, 2.24) is 4.90 Å². The summed E-state index contributed by atoms with van der Waals surface area (Å²) in [6.45, 7) is 4.70. The molecule has 6 nitrogen and oxygen atoms in total. The topological polar surface area (TPSA) is 94.5 Å². The maximum absolute atomic E-state index is 12.8. The Hall–Kier alpha value is -3.14. The molecule has 29 heavy (non-hydrogen) atoms. The van der Waals surface area contributed by atoms with E-state index in [1.54, 1.807) is 25.1 Å². The van der Waals surface area contributed by atoms with Gasteiger partial charge < -0.3 is 9.52 Å². The van der Waals surface area contributed by atoms with Crippen molar-refractivity contribution >= 4 is 29.5 Å².